The van der Waals surface area contributed by atoms with E-state index in [4.69, 9.17) is 10.0 Å². The summed E-state index contributed by atoms with van der Waals surface area (Å²) in [4.78, 5) is 0. The van der Waals surface area contributed by atoms with Crippen molar-refractivity contribution in [3.8, 4) is 0 Å². The van der Waals surface area contributed by atoms with Crippen LogP contribution in [0, 0.1) is 0 Å². The number of halogens is 1. The van der Waals surface area contributed by atoms with E-state index in [0.717, 1.165) is 6.08 Å². The Morgan fingerprint density at radius 3 is 2.40 bits per heavy atom. The lowest BCUT2D eigenvalue weighted by Gasteiger charge is -2.22. The van der Waals surface area contributed by atoms with Crippen LogP contribution in [-0.2, 0) is 0 Å². The van der Waals surface area contributed by atoms with Crippen LogP contribution < -0.4 is 5.32 Å². The van der Waals surface area contributed by atoms with Crippen molar-refractivity contribution >= 4 is 7.12 Å². The minimum atomic E-state index is -2.23. The van der Waals surface area contributed by atoms with Gasteiger partial charge >= 0.3 is 7.12 Å². The third-order valence-corrected chi connectivity index (χ3v) is 1.23. The maximum atomic E-state index is 12.9. The Labute approximate surface area is 58.0 Å². The minimum Gasteiger partial charge on any atom is -0.424 e. The van der Waals surface area contributed by atoms with E-state index in [9.17, 15) is 4.39 Å². The first-order valence-corrected chi connectivity index (χ1v) is 2.82. The molecule has 0 aromatic rings. The summed E-state index contributed by atoms with van der Waals surface area (Å²) in [6.45, 7) is 0. The van der Waals surface area contributed by atoms with Gasteiger partial charge in [0.25, 0.3) is 0 Å². The second-order valence-electron chi connectivity index (χ2n) is 2.00. The zero-order valence-electron chi connectivity index (χ0n) is 5.16. The van der Waals surface area contributed by atoms with Crippen LogP contribution in [0.3, 0.4) is 0 Å². The Balaban J connectivity index is 2.70. The highest BCUT2D eigenvalue weighted by atomic mass is 19.1. The predicted molar refractivity (Wildman–Crippen MR) is 35.4 cm³/mol. The van der Waals surface area contributed by atoms with Crippen LogP contribution in [0.25, 0.3) is 0 Å². The summed E-state index contributed by atoms with van der Waals surface area (Å²) in [5.74, 6) is 0. The van der Waals surface area contributed by atoms with Gasteiger partial charge in [-0.3, -0.25) is 0 Å². The number of nitrogens with one attached hydrogen (secondary N) is 1. The van der Waals surface area contributed by atoms with Gasteiger partial charge in [-0.2, -0.15) is 0 Å². The minimum absolute atomic E-state index is 1.04. The Morgan fingerprint density at radius 1 is 1.40 bits per heavy atom. The van der Waals surface area contributed by atoms with E-state index in [1.165, 1.54) is 12.3 Å². The first kappa shape index (κ1) is 7.30. The summed E-state index contributed by atoms with van der Waals surface area (Å²) in [7, 11) is -2.03. The zero-order chi connectivity index (χ0) is 7.61. The third-order valence-electron chi connectivity index (χ3n) is 1.23. The van der Waals surface area contributed by atoms with Gasteiger partial charge in [-0.05, 0) is 18.4 Å². The Kier molecular flexibility index (Phi) is 1.78. The fourth-order valence-corrected chi connectivity index (χ4v) is 0.636. The van der Waals surface area contributed by atoms with Gasteiger partial charge in [0.15, 0.2) is 0 Å². The van der Waals surface area contributed by atoms with Crippen molar-refractivity contribution in [3.05, 3.63) is 24.4 Å². The molecule has 54 valence electrons. The maximum Gasteiger partial charge on any atom is 0.518 e. The number of dihydropyridines is 1. The average molecular weight is 143 g/mol. The van der Waals surface area contributed by atoms with Gasteiger partial charge in [0.2, 0.25) is 5.69 Å². The molecule has 10 heavy (non-hydrogen) atoms. The van der Waals surface area contributed by atoms with Crippen molar-refractivity contribution in [2.45, 2.75) is 5.69 Å². The van der Waals surface area contributed by atoms with E-state index in [0.29, 0.717) is 0 Å². The summed E-state index contributed by atoms with van der Waals surface area (Å²) in [5.41, 5.74) is -2.23. The third kappa shape index (κ3) is 1.20. The van der Waals surface area contributed by atoms with Gasteiger partial charge in [0.05, 0.1) is 0 Å². The molecule has 0 amide bonds. The van der Waals surface area contributed by atoms with Crippen molar-refractivity contribution < 1.29 is 14.4 Å². The molecule has 0 spiro atoms. The molecule has 0 saturated heterocycles. The van der Waals surface area contributed by atoms with E-state index in [1.807, 2.05) is 0 Å². The zero-order valence-corrected chi connectivity index (χ0v) is 5.16. The molecular formula is C5H7BFNO2. The first-order valence-electron chi connectivity index (χ1n) is 2.82. The van der Waals surface area contributed by atoms with Crippen LogP contribution in [-0.4, -0.2) is 22.9 Å². The highest BCUT2D eigenvalue weighted by Gasteiger charge is 2.40. The van der Waals surface area contributed by atoms with Crippen LogP contribution in [0.15, 0.2) is 24.4 Å². The van der Waals surface area contributed by atoms with E-state index in [1.54, 1.807) is 6.08 Å². The molecular weight excluding hydrogens is 136 g/mol. The predicted octanol–water partition coefficient (Wildman–Crippen LogP) is -0.663. The van der Waals surface area contributed by atoms with Crippen LogP contribution in [0.2, 0.25) is 0 Å². The number of hydrogen-bond donors (Lipinski definition) is 3. The standard InChI is InChI=1S/C5H7BFNO2/c7-5(6(9)10)3-1-2-4-8-5/h1-4,8-10H. The molecule has 1 atom stereocenters. The maximum absolute atomic E-state index is 12.9. The summed E-state index contributed by atoms with van der Waals surface area (Å²) in [6, 6.07) is 0. The van der Waals surface area contributed by atoms with Crippen LogP contribution >= 0.6 is 0 Å². The summed E-state index contributed by atoms with van der Waals surface area (Å²) >= 11 is 0. The molecule has 0 saturated carbocycles. The fourth-order valence-electron chi connectivity index (χ4n) is 0.636. The second-order valence-corrected chi connectivity index (χ2v) is 2.00. The number of alkyl halides is 1. The van der Waals surface area contributed by atoms with Crippen molar-refractivity contribution in [3.63, 3.8) is 0 Å². The molecule has 1 unspecified atom stereocenters. The average Bonchev–Trinajstić information content (AvgIpc) is 1.89. The molecule has 0 fully saturated rings. The van der Waals surface area contributed by atoms with Crippen molar-refractivity contribution in [1.82, 2.24) is 5.32 Å². The van der Waals surface area contributed by atoms with Crippen molar-refractivity contribution in [2.75, 3.05) is 0 Å². The Hall–Kier alpha value is -0.805. The quantitative estimate of drug-likeness (QED) is 0.337. The smallest absolute Gasteiger partial charge is 0.424 e. The number of allylic oxidation sites excluding steroid dienone is 2. The van der Waals surface area contributed by atoms with E-state index < -0.39 is 12.8 Å². The van der Waals surface area contributed by atoms with Crippen molar-refractivity contribution in [2.24, 2.45) is 0 Å². The van der Waals surface area contributed by atoms with Crippen LogP contribution in [0.5, 0.6) is 0 Å². The van der Waals surface area contributed by atoms with Crippen LogP contribution in [0.4, 0.5) is 4.39 Å². The highest BCUT2D eigenvalue weighted by molar-refractivity contribution is 6.45. The Morgan fingerprint density at radius 2 is 2.10 bits per heavy atom. The van der Waals surface area contributed by atoms with E-state index >= 15 is 0 Å². The SMILES string of the molecule is OB(O)C1(F)C=CC=CN1. The Bertz CT molecular complexity index is 182. The lowest BCUT2D eigenvalue weighted by atomic mass is 9.76. The largest absolute Gasteiger partial charge is 0.518 e. The van der Waals surface area contributed by atoms with Crippen LogP contribution in [0.1, 0.15) is 0 Å². The van der Waals surface area contributed by atoms with E-state index in [2.05, 4.69) is 5.32 Å². The molecule has 3 nitrogen and oxygen atoms in total. The fraction of sp³-hybridized carbons (Fsp3) is 0.200. The molecule has 0 bridgehead atoms. The molecule has 1 aliphatic heterocycles. The first-order chi connectivity index (χ1) is 4.65. The molecule has 1 rings (SSSR count). The van der Waals surface area contributed by atoms with E-state index in [-0.39, 0.29) is 0 Å². The normalized spacial score (nSPS) is 29.9. The molecule has 0 aliphatic carbocycles. The monoisotopic (exact) mass is 143 g/mol. The second kappa shape index (κ2) is 2.44. The molecule has 5 heteroatoms. The molecule has 0 aromatic carbocycles. The molecule has 0 aromatic heterocycles. The van der Waals surface area contributed by atoms with Gasteiger partial charge < -0.3 is 15.4 Å². The molecule has 1 heterocycles. The van der Waals surface area contributed by atoms with Gasteiger partial charge in [0.1, 0.15) is 0 Å². The number of rotatable bonds is 1. The summed E-state index contributed by atoms with van der Waals surface area (Å²) in [6.07, 6.45) is 5.30. The van der Waals surface area contributed by atoms with Gasteiger partial charge in [-0.1, -0.05) is 6.08 Å². The lowest BCUT2D eigenvalue weighted by Crippen LogP contribution is -2.51. The van der Waals surface area contributed by atoms with Gasteiger partial charge in [0, 0.05) is 0 Å². The van der Waals surface area contributed by atoms with Gasteiger partial charge in [-0.25, -0.2) is 4.39 Å². The molecule has 3 N–H and O–H groups in total. The molecule has 1 aliphatic rings. The lowest BCUT2D eigenvalue weighted by molar-refractivity contribution is 0.220. The highest BCUT2D eigenvalue weighted by Crippen LogP contribution is 2.13. The number of hydrogen-bond acceptors (Lipinski definition) is 3. The van der Waals surface area contributed by atoms with Gasteiger partial charge in [-0.15, -0.1) is 0 Å². The summed E-state index contributed by atoms with van der Waals surface area (Å²) < 4.78 is 12.9. The molecule has 0 radical (unpaired) electrons. The topological polar surface area (TPSA) is 52.5 Å². The summed E-state index contributed by atoms with van der Waals surface area (Å²) in [5, 5.41) is 19.1. The van der Waals surface area contributed by atoms with Crippen molar-refractivity contribution in [1.29, 1.82) is 0 Å².